The molecule has 0 amide bonds. The van der Waals surface area contributed by atoms with Crippen molar-refractivity contribution in [1.82, 2.24) is 0 Å². The van der Waals surface area contributed by atoms with Gasteiger partial charge in [0.25, 0.3) is 0 Å². The molecule has 0 aromatic heterocycles. The van der Waals surface area contributed by atoms with Gasteiger partial charge < -0.3 is 24.8 Å². The molecule has 4 aromatic rings. The van der Waals surface area contributed by atoms with Gasteiger partial charge in [0, 0.05) is 0 Å². The Hall–Kier alpha value is -2.48. The summed E-state index contributed by atoms with van der Waals surface area (Å²) in [4.78, 5) is 0. The molecule has 0 nitrogen and oxygen atoms in total. The molecule has 3 heteroatoms. The van der Waals surface area contributed by atoms with Crippen LogP contribution in [-0.4, -0.2) is 3.81 Å². The summed E-state index contributed by atoms with van der Waals surface area (Å²) >= 11 is 2.18. The summed E-state index contributed by atoms with van der Waals surface area (Å²) in [6.07, 6.45) is 25.1. The topological polar surface area (TPSA) is 0 Å². The molecule has 0 aliphatic heterocycles. The Balaban J connectivity index is 0.000000195. The van der Waals surface area contributed by atoms with Crippen LogP contribution < -0.4 is 24.8 Å². The molecule has 0 heterocycles. The molecule has 0 spiro atoms. The molecule has 2 fully saturated rings. The molecule has 48 heavy (non-hydrogen) atoms. The predicted molar refractivity (Wildman–Crippen MR) is 192 cm³/mol. The fourth-order valence-corrected chi connectivity index (χ4v) is 7.95. The minimum Gasteiger partial charge on any atom is -1.00 e. The van der Waals surface area contributed by atoms with Crippen molar-refractivity contribution in [3.63, 3.8) is 0 Å². The second-order valence-electron chi connectivity index (χ2n) is 13.7. The van der Waals surface area contributed by atoms with Crippen molar-refractivity contribution in [3.8, 4) is 11.1 Å². The van der Waals surface area contributed by atoms with E-state index < -0.39 is 0 Å². The molecule has 0 saturated heterocycles. The third-order valence-electron chi connectivity index (χ3n) is 10.3. The summed E-state index contributed by atoms with van der Waals surface area (Å²) in [5, 5.41) is 0. The number of hydrogen-bond donors (Lipinski definition) is 0. The van der Waals surface area contributed by atoms with Crippen LogP contribution >= 0.6 is 0 Å². The number of rotatable bonds is 4. The molecule has 4 aliphatic carbocycles. The van der Waals surface area contributed by atoms with Gasteiger partial charge in [-0.15, -0.1) is 12.0 Å². The van der Waals surface area contributed by atoms with Crippen molar-refractivity contribution in [2.24, 2.45) is 0 Å². The summed E-state index contributed by atoms with van der Waals surface area (Å²) in [6, 6.07) is 33.2. The van der Waals surface area contributed by atoms with E-state index >= 15 is 0 Å². The average molecular weight is 708 g/mol. The largest absolute Gasteiger partial charge is 1.00 e. The summed E-state index contributed by atoms with van der Waals surface area (Å²) in [5.41, 5.74) is 14.3. The molecule has 2 saturated carbocycles. The molecule has 0 N–H and O–H groups in total. The van der Waals surface area contributed by atoms with Crippen molar-refractivity contribution in [2.75, 3.05) is 0 Å². The van der Waals surface area contributed by atoms with Gasteiger partial charge in [-0.05, 0) is 30.7 Å². The number of fused-ring (bicyclic) bond motifs is 3. The molecule has 0 unspecified atom stereocenters. The fraction of sp³-hybridized carbons (Fsp3) is 0.356. The van der Waals surface area contributed by atoms with Crippen molar-refractivity contribution >= 4 is 3.81 Å². The number of halogens is 2. The quantitative estimate of drug-likeness (QED) is 0.162. The van der Waals surface area contributed by atoms with Crippen LogP contribution in [0.3, 0.4) is 0 Å². The molecule has 8 rings (SSSR count). The van der Waals surface area contributed by atoms with E-state index in [0.717, 1.165) is 24.7 Å². The monoisotopic (exact) mass is 706 g/mol. The Morgan fingerprint density at radius 2 is 1.19 bits per heavy atom. The van der Waals surface area contributed by atoms with Gasteiger partial charge >= 0.3 is 108 Å². The first-order chi connectivity index (χ1) is 22.5. The molecular formula is C45H48Cl2Ti-2. The van der Waals surface area contributed by atoms with Crippen LogP contribution in [0.2, 0.25) is 0 Å². The standard InChI is InChI=1S/C25H29.C15H14.C5H5.2ClH.Ti/c1-3-7-18(8-4-1)20-11-13-22-15-23-14-12-21(17-25(23)24(22)16-20)19-9-5-2-6-10-19;1-12-3-7-14(8-4-12)11-15-9-5-13(2)6-10-15;1-2-4-5-3-1;;;/h11-13,16-19H,1-10,15H2;3-10H,1-2H3;1-3H,4H2;2*1H;/q-1;;-1;;;+2/p-2. The van der Waals surface area contributed by atoms with Crippen molar-refractivity contribution in [1.29, 1.82) is 0 Å². The van der Waals surface area contributed by atoms with Crippen LogP contribution in [-0.2, 0) is 26.4 Å². The molecular weight excluding hydrogens is 659 g/mol. The molecule has 4 aliphatic rings. The average Bonchev–Trinajstić information content (AvgIpc) is 3.82. The normalized spacial score (nSPS) is 16.2. The Morgan fingerprint density at radius 3 is 1.69 bits per heavy atom. The number of benzene rings is 4. The third-order valence-corrected chi connectivity index (χ3v) is 11.2. The first-order valence-corrected chi connectivity index (χ1v) is 18.5. The third kappa shape index (κ3) is 10.0. The molecule has 4 aromatic carbocycles. The SMILES string of the molecule is Cc1ccc([C](=[Ti+2])c2ccc(C)cc2)cc1.[C-]1=CC=CC1.[Cl-].[Cl-].[c-]1cc(C2CCCCC2)cc2c1Cc1ccc(C3CCCCC3)cc1-2. The molecule has 248 valence electrons. The van der Waals surface area contributed by atoms with E-state index in [0.29, 0.717) is 0 Å². The van der Waals surface area contributed by atoms with Gasteiger partial charge in [-0.1, -0.05) is 86.6 Å². The number of aryl methyl sites for hydroxylation is 2. The van der Waals surface area contributed by atoms with Gasteiger partial charge in [0.1, 0.15) is 0 Å². The Morgan fingerprint density at radius 1 is 0.646 bits per heavy atom. The Bertz CT molecular complexity index is 1540. The zero-order chi connectivity index (χ0) is 31.7. The van der Waals surface area contributed by atoms with Crippen LogP contribution in [0, 0.1) is 26.0 Å². The smallest absolute Gasteiger partial charge is 0.0162 e. The van der Waals surface area contributed by atoms with E-state index in [9.17, 15) is 0 Å². The van der Waals surface area contributed by atoms with Gasteiger partial charge in [0.15, 0.2) is 0 Å². The van der Waals surface area contributed by atoms with Crippen molar-refractivity contribution < 1.29 is 44.8 Å². The van der Waals surface area contributed by atoms with E-state index in [1.165, 1.54) is 113 Å². The van der Waals surface area contributed by atoms with Crippen molar-refractivity contribution in [2.45, 2.75) is 103 Å². The van der Waals surface area contributed by atoms with Gasteiger partial charge in [0.2, 0.25) is 0 Å². The van der Waals surface area contributed by atoms with Gasteiger partial charge in [-0.25, -0.2) is 12.2 Å². The van der Waals surface area contributed by atoms with Crippen LogP contribution in [0.15, 0.2) is 97.1 Å². The molecule has 0 atom stereocenters. The predicted octanol–water partition coefficient (Wildman–Crippen LogP) is 5.89. The van der Waals surface area contributed by atoms with Crippen LogP contribution in [0.4, 0.5) is 0 Å². The minimum atomic E-state index is 0. The van der Waals surface area contributed by atoms with Crippen LogP contribution in [0.25, 0.3) is 11.1 Å². The van der Waals surface area contributed by atoms with Gasteiger partial charge in [0.05, 0.1) is 0 Å². The Kier molecular flexibility index (Phi) is 15.2. The van der Waals surface area contributed by atoms with E-state index in [1.807, 2.05) is 12.2 Å². The zero-order valence-electron chi connectivity index (χ0n) is 28.6. The van der Waals surface area contributed by atoms with E-state index in [4.69, 9.17) is 0 Å². The maximum absolute atomic E-state index is 3.66. The second kappa shape index (κ2) is 19.1. The van der Waals surface area contributed by atoms with Crippen LogP contribution in [0.5, 0.6) is 0 Å². The first-order valence-electron chi connectivity index (χ1n) is 17.7. The summed E-state index contributed by atoms with van der Waals surface area (Å²) in [5.74, 6) is 1.58. The van der Waals surface area contributed by atoms with Crippen molar-refractivity contribution in [3.05, 3.63) is 154 Å². The minimum absolute atomic E-state index is 0. The number of hydrogen-bond acceptors (Lipinski definition) is 0. The van der Waals surface area contributed by atoms with E-state index in [1.54, 1.807) is 11.1 Å². The zero-order valence-corrected chi connectivity index (χ0v) is 31.7. The molecule has 0 radical (unpaired) electrons. The van der Waals surface area contributed by atoms with Gasteiger partial charge in [-0.2, -0.15) is 35.4 Å². The summed E-state index contributed by atoms with van der Waals surface area (Å²) in [6.45, 7) is 4.23. The van der Waals surface area contributed by atoms with Crippen LogP contribution in [0.1, 0.15) is 127 Å². The maximum atomic E-state index is 3.66. The second-order valence-corrected chi connectivity index (χ2v) is 14.5. The van der Waals surface area contributed by atoms with E-state index in [-0.39, 0.29) is 24.8 Å². The first kappa shape index (κ1) is 38.3. The number of allylic oxidation sites excluding steroid dienone is 4. The summed E-state index contributed by atoms with van der Waals surface area (Å²) < 4.78 is 1.33. The maximum Gasteiger partial charge on any atom is -0.0162 e. The summed E-state index contributed by atoms with van der Waals surface area (Å²) in [7, 11) is 0. The van der Waals surface area contributed by atoms with Gasteiger partial charge in [-0.3, -0.25) is 6.08 Å². The Labute approximate surface area is 314 Å². The molecule has 0 bridgehead atoms. The van der Waals surface area contributed by atoms with E-state index in [2.05, 4.69) is 131 Å². The fourth-order valence-electron chi connectivity index (χ4n) is 7.43.